The van der Waals surface area contributed by atoms with Crippen LogP contribution >= 0.6 is 22.9 Å². The van der Waals surface area contributed by atoms with Gasteiger partial charge in [0.15, 0.2) is 23.2 Å². The normalized spacial score (nSPS) is 22.5. The molecule has 16 heteroatoms. The molecule has 0 bridgehead atoms. The van der Waals surface area contributed by atoms with E-state index in [1.54, 1.807) is 48.1 Å². The maximum absolute atomic E-state index is 13.2. The number of aryl methyl sites for hydroxylation is 2. The van der Waals surface area contributed by atoms with Crippen molar-refractivity contribution in [2.75, 3.05) is 18.0 Å². The molecule has 1 spiro atoms. The first-order valence-electron chi connectivity index (χ1n) is 21.8. The molecule has 3 fully saturated rings. The number of amides is 1. The molecule has 2 aliphatic carbocycles. The lowest BCUT2D eigenvalue weighted by molar-refractivity contribution is 0.0684. The largest absolute Gasteiger partial charge is 0.490 e. The van der Waals surface area contributed by atoms with Gasteiger partial charge in [-0.25, -0.2) is 4.98 Å². The van der Waals surface area contributed by atoms with Crippen LogP contribution in [0.3, 0.4) is 0 Å². The van der Waals surface area contributed by atoms with Gasteiger partial charge in [-0.15, -0.1) is 31.7 Å². The summed E-state index contributed by atoms with van der Waals surface area (Å²) < 4.78 is 13.9. The molecule has 6 aromatic rings. The van der Waals surface area contributed by atoms with E-state index in [1.807, 2.05) is 31.3 Å². The summed E-state index contributed by atoms with van der Waals surface area (Å²) in [4.78, 5) is 31.3. The summed E-state index contributed by atoms with van der Waals surface area (Å²) in [7, 11) is 0. The summed E-state index contributed by atoms with van der Waals surface area (Å²) in [6.07, 6.45) is 13.1. The number of hydrogen-bond donors (Lipinski definition) is 1. The summed E-state index contributed by atoms with van der Waals surface area (Å²) in [6.45, 7) is 8.06. The topological polar surface area (TPSA) is 173 Å². The highest BCUT2D eigenvalue weighted by molar-refractivity contribution is 7.15. The Morgan fingerprint density at radius 3 is 2.64 bits per heavy atom. The van der Waals surface area contributed by atoms with Crippen molar-refractivity contribution in [3.63, 3.8) is 0 Å². The molecule has 2 saturated carbocycles. The van der Waals surface area contributed by atoms with Crippen LogP contribution in [-0.2, 0) is 6.42 Å². The van der Waals surface area contributed by atoms with Crippen molar-refractivity contribution in [2.45, 2.75) is 96.7 Å². The van der Waals surface area contributed by atoms with Crippen molar-refractivity contribution in [3.05, 3.63) is 122 Å². The molecule has 14 nitrogen and oxygen atoms in total. The van der Waals surface area contributed by atoms with Crippen LogP contribution in [-0.4, -0.2) is 71.8 Å². The van der Waals surface area contributed by atoms with E-state index < -0.39 is 0 Å². The van der Waals surface area contributed by atoms with Crippen LogP contribution in [0, 0.1) is 55.3 Å². The van der Waals surface area contributed by atoms with Crippen LogP contribution in [0.15, 0.2) is 70.5 Å². The summed E-state index contributed by atoms with van der Waals surface area (Å²) >= 11 is 7.89. The van der Waals surface area contributed by atoms with Crippen LogP contribution in [0.25, 0.3) is 5.00 Å². The number of halogens is 1. The molecule has 2 aliphatic heterocycles. The van der Waals surface area contributed by atoms with Gasteiger partial charge in [0.05, 0.1) is 40.7 Å². The van der Waals surface area contributed by atoms with Gasteiger partial charge < -0.3 is 19.4 Å². The van der Waals surface area contributed by atoms with E-state index in [4.69, 9.17) is 36.0 Å². The van der Waals surface area contributed by atoms with Crippen molar-refractivity contribution in [2.24, 2.45) is 16.3 Å². The predicted molar refractivity (Wildman–Crippen MR) is 242 cm³/mol. The average Bonchev–Trinajstić information content (AvgIpc) is 4.01. The Balaban J connectivity index is 0.743. The first kappa shape index (κ1) is 41.6. The van der Waals surface area contributed by atoms with Crippen molar-refractivity contribution in [3.8, 4) is 28.7 Å². The Bertz CT molecular complexity index is 2840. The van der Waals surface area contributed by atoms with Crippen molar-refractivity contribution < 1.29 is 13.9 Å². The monoisotopic (exact) mass is 891 g/mol. The third-order valence-corrected chi connectivity index (χ3v) is 14.6. The van der Waals surface area contributed by atoms with Gasteiger partial charge in [0.2, 0.25) is 0 Å². The number of anilines is 1. The molecule has 1 saturated heterocycles. The Labute approximate surface area is 380 Å². The van der Waals surface area contributed by atoms with Crippen LogP contribution < -0.4 is 15.0 Å². The smallest absolute Gasteiger partial charge is 0.272 e. The van der Waals surface area contributed by atoms with E-state index in [2.05, 4.69) is 71.9 Å². The quantitative estimate of drug-likeness (QED) is 0.146. The van der Waals surface area contributed by atoms with Gasteiger partial charge in [-0.1, -0.05) is 23.4 Å². The number of oxazole rings is 1. The number of piperidine rings is 1. The molecule has 1 amide bonds. The van der Waals surface area contributed by atoms with Gasteiger partial charge in [0.1, 0.15) is 34.9 Å². The van der Waals surface area contributed by atoms with Gasteiger partial charge in [0.25, 0.3) is 5.91 Å². The molecule has 5 aromatic heterocycles. The summed E-state index contributed by atoms with van der Waals surface area (Å²) in [6, 6.07) is 14.6. The average molecular weight is 892 g/mol. The Kier molecular flexibility index (Phi) is 11.2. The number of nitriles is 1. The first-order valence-corrected chi connectivity index (χ1v) is 23.0. The number of carbonyl (C=O) groups excluding carboxylic acids is 1. The molecule has 324 valence electrons. The number of carbonyl (C=O) groups is 1. The number of hydrogen-bond acceptors (Lipinski definition) is 13. The Hall–Kier alpha value is -6.42. The fourth-order valence-electron chi connectivity index (χ4n) is 9.69. The summed E-state index contributed by atoms with van der Waals surface area (Å²) in [5.41, 5.74) is 5.62. The van der Waals surface area contributed by atoms with Crippen LogP contribution in [0.4, 0.5) is 5.82 Å². The number of benzene rings is 1. The number of rotatable bonds is 8. The van der Waals surface area contributed by atoms with Crippen LogP contribution in [0.1, 0.15) is 118 Å². The second kappa shape index (κ2) is 17.3. The maximum Gasteiger partial charge on any atom is 0.272 e. The van der Waals surface area contributed by atoms with Gasteiger partial charge >= 0.3 is 0 Å². The fourth-order valence-corrected chi connectivity index (χ4v) is 11.1. The Morgan fingerprint density at radius 1 is 1.05 bits per heavy atom. The predicted octanol–water partition coefficient (Wildman–Crippen LogP) is 8.26. The van der Waals surface area contributed by atoms with Crippen molar-refractivity contribution in [1.29, 1.82) is 5.26 Å². The molecule has 0 unspecified atom stereocenters. The molecular formula is C48H46ClN11O3S. The van der Waals surface area contributed by atoms with E-state index in [-0.39, 0.29) is 29.5 Å². The molecule has 0 radical (unpaired) electrons. The molecule has 1 atom stereocenters. The third kappa shape index (κ3) is 8.26. The zero-order valence-corrected chi connectivity index (χ0v) is 37.4. The standard InChI is InChI=1S/C48H46ClN11O3S/c1-28-29(2)64-47-43(28)44(54-40(22-42-51-18-20-62-42)45-58-55-30(3)60(45)47)38-14-7-31(26-52-38)5-6-32-23-48(24-32)17-4-19-59(27-48)41-16-15-39(56-57-41)46(61)53-34-9-12-35(13-10-34)63-36-11-8-33(25-50)37(49)21-36/h7-8,11,14-16,18,20-21,26,32,34-35,40H,4,9-10,12-13,17,19,22-24,27H2,1-3H3,(H,53,61)/t32?,34-,35-,40-,48?/m0/s1. The van der Waals surface area contributed by atoms with E-state index in [0.717, 1.165) is 109 Å². The minimum atomic E-state index is -0.358. The molecule has 4 aliphatic rings. The lowest BCUT2D eigenvalue weighted by Crippen LogP contribution is -2.50. The molecular weight excluding hydrogens is 846 g/mol. The number of ether oxygens (including phenoxy) is 1. The number of nitrogens with one attached hydrogen (secondary N) is 1. The van der Waals surface area contributed by atoms with Crippen molar-refractivity contribution in [1.82, 2.24) is 40.2 Å². The summed E-state index contributed by atoms with van der Waals surface area (Å²) in [5.74, 6) is 10.7. The van der Waals surface area contributed by atoms with E-state index in [9.17, 15) is 4.79 Å². The highest BCUT2D eigenvalue weighted by Crippen LogP contribution is 2.51. The zero-order valence-electron chi connectivity index (χ0n) is 35.8. The first-order chi connectivity index (χ1) is 31.1. The number of fused-ring (bicyclic) bond motifs is 3. The lowest BCUT2D eigenvalue weighted by atomic mass is 9.58. The maximum atomic E-state index is 13.2. The van der Waals surface area contributed by atoms with Gasteiger partial charge in [-0.2, -0.15) is 5.26 Å². The minimum Gasteiger partial charge on any atom is -0.490 e. The van der Waals surface area contributed by atoms with E-state index in [0.29, 0.717) is 40.3 Å². The molecule has 64 heavy (non-hydrogen) atoms. The molecule has 1 aromatic carbocycles. The van der Waals surface area contributed by atoms with Gasteiger partial charge in [-0.3, -0.25) is 19.3 Å². The van der Waals surface area contributed by atoms with E-state index >= 15 is 0 Å². The van der Waals surface area contributed by atoms with E-state index in [1.165, 1.54) is 10.4 Å². The number of thiophene rings is 1. The molecule has 1 N–H and O–H groups in total. The lowest BCUT2D eigenvalue weighted by Gasteiger charge is -2.51. The molecule has 7 heterocycles. The number of nitrogens with zero attached hydrogens (tertiary/aromatic N) is 10. The Morgan fingerprint density at radius 2 is 1.91 bits per heavy atom. The molecule has 10 rings (SSSR count). The second-order valence-corrected chi connectivity index (χ2v) is 19.1. The SMILES string of the molecule is Cc1sc2c(c1C)C(c1ccc(C#CC3CC4(CCCN(c5ccc(C(=O)N[C@H]6CC[C@H](Oc7ccc(C#N)c(Cl)c7)CC6)nn5)C4)C3)cn1)=N[C@@H](Cc1ncco1)c1nnc(C)n1-2. The minimum absolute atomic E-state index is 0.0255. The second-order valence-electron chi connectivity index (χ2n) is 17.5. The van der Waals surface area contributed by atoms with Gasteiger partial charge in [-0.05, 0) is 120 Å². The summed E-state index contributed by atoms with van der Waals surface area (Å²) in [5, 5.41) is 31.6. The number of aliphatic imine (C=N–C) groups is 1. The highest BCUT2D eigenvalue weighted by Gasteiger charge is 2.46. The fraction of sp³-hybridized carbons (Fsp3) is 0.396. The highest BCUT2D eigenvalue weighted by atomic mass is 35.5. The third-order valence-electron chi connectivity index (χ3n) is 13.1. The zero-order chi connectivity index (χ0) is 44.0. The number of pyridine rings is 1. The van der Waals surface area contributed by atoms with Crippen LogP contribution in [0.2, 0.25) is 5.02 Å². The van der Waals surface area contributed by atoms with Gasteiger partial charge in [0, 0.05) is 53.3 Å². The van der Waals surface area contributed by atoms with Crippen LogP contribution in [0.5, 0.6) is 5.75 Å². The van der Waals surface area contributed by atoms with Crippen molar-refractivity contribution >= 4 is 40.4 Å². The number of aromatic nitrogens is 7.